The highest BCUT2D eigenvalue weighted by Crippen LogP contribution is 2.46. The fourth-order valence-electron chi connectivity index (χ4n) is 3.70. The highest BCUT2D eigenvalue weighted by Gasteiger charge is 2.27. The van der Waals surface area contributed by atoms with E-state index in [1.54, 1.807) is 53.4 Å². The van der Waals surface area contributed by atoms with Gasteiger partial charge in [0.2, 0.25) is 0 Å². The van der Waals surface area contributed by atoms with Crippen molar-refractivity contribution in [2.24, 2.45) is 0 Å². The lowest BCUT2D eigenvalue weighted by Gasteiger charge is -2.31. The number of carboxylic acid groups (broad SMARTS) is 2. The van der Waals surface area contributed by atoms with Crippen molar-refractivity contribution in [3.63, 3.8) is 0 Å². The Hall–Kier alpha value is -3.57. The van der Waals surface area contributed by atoms with Gasteiger partial charge in [0, 0.05) is 25.9 Å². The smallest absolute Gasteiger partial charge is 0.415 e. The zero-order valence-electron chi connectivity index (χ0n) is 18.9. The largest absolute Gasteiger partial charge is 0.490 e. The molecule has 3 aromatic rings. The van der Waals surface area contributed by atoms with E-state index in [-0.39, 0.29) is 22.8 Å². The number of hydrogen-bond donors (Lipinski definition) is 2. The summed E-state index contributed by atoms with van der Waals surface area (Å²) < 4.78 is 17.1. The molecule has 2 aromatic carbocycles. The number of carbonyl (C=O) groups excluding carboxylic acids is 1. The van der Waals surface area contributed by atoms with Gasteiger partial charge in [-0.3, -0.25) is 0 Å². The van der Waals surface area contributed by atoms with Gasteiger partial charge in [0.25, 0.3) is 0 Å². The summed E-state index contributed by atoms with van der Waals surface area (Å²) in [7, 11) is 0. The van der Waals surface area contributed by atoms with Crippen LogP contribution in [0.15, 0.2) is 59.1 Å². The van der Waals surface area contributed by atoms with Crippen molar-refractivity contribution in [3.8, 4) is 27.7 Å². The van der Waals surface area contributed by atoms with Crippen molar-refractivity contribution in [3.05, 3.63) is 63.9 Å². The van der Waals surface area contributed by atoms with Crippen molar-refractivity contribution >= 4 is 45.3 Å². The van der Waals surface area contributed by atoms with Gasteiger partial charge < -0.3 is 29.3 Å². The third-order valence-corrected chi connectivity index (χ3v) is 7.62. The first-order valence-electron chi connectivity index (χ1n) is 11.0. The number of para-hydroxylation sites is 1. The molecule has 1 aromatic heterocycles. The van der Waals surface area contributed by atoms with Crippen molar-refractivity contribution in [1.29, 1.82) is 0 Å². The number of nitrogens with zero attached hydrogens (tertiary/aromatic N) is 1. The number of likely N-dealkylation sites (tertiary alicyclic amines) is 1. The first-order chi connectivity index (χ1) is 17.3. The Morgan fingerprint density at radius 3 is 2.36 bits per heavy atom. The molecule has 188 valence electrons. The average Bonchev–Trinajstić information content (AvgIpc) is 3.20. The number of ether oxygens (including phenoxy) is 3. The summed E-state index contributed by atoms with van der Waals surface area (Å²) in [5.41, 5.74) is 0.695. The number of amides is 1. The first-order valence-corrected chi connectivity index (χ1v) is 12.6. The predicted octanol–water partition coefficient (Wildman–Crippen LogP) is 5.38. The second kappa shape index (κ2) is 11.4. The van der Waals surface area contributed by atoms with Crippen LogP contribution in [0.5, 0.6) is 17.2 Å². The van der Waals surface area contributed by atoms with E-state index in [9.17, 15) is 19.5 Å². The van der Waals surface area contributed by atoms with E-state index in [2.05, 4.69) is 15.9 Å². The number of halogens is 1. The van der Waals surface area contributed by atoms with Crippen LogP contribution in [0.2, 0.25) is 0 Å². The number of hydrogen-bond acceptors (Lipinski definition) is 7. The number of thiophene rings is 1. The fraction of sp³-hybridized carbons (Fsp3) is 0.240. The van der Waals surface area contributed by atoms with Crippen LogP contribution in [0.25, 0.3) is 10.4 Å². The van der Waals surface area contributed by atoms with Crippen molar-refractivity contribution in [1.82, 2.24) is 4.90 Å². The average molecular weight is 576 g/mol. The van der Waals surface area contributed by atoms with Crippen LogP contribution in [0.3, 0.4) is 0 Å². The van der Waals surface area contributed by atoms with E-state index in [0.717, 1.165) is 11.3 Å². The molecule has 1 aliphatic heterocycles. The SMILES string of the molecule is O=C(O)COc1c(C(=O)O)sc(-c2cccc(OC3CCN(C(=O)Oc4ccccc4)CC3)c2)c1Br. The minimum atomic E-state index is -1.21. The molecule has 2 N–H and O–H groups in total. The van der Waals surface area contributed by atoms with Crippen LogP contribution in [0.1, 0.15) is 22.5 Å². The number of aliphatic carboxylic acids is 1. The quantitative estimate of drug-likeness (QED) is 0.367. The summed E-state index contributed by atoms with van der Waals surface area (Å²) in [4.78, 5) is 37.1. The van der Waals surface area contributed by atoms with Crippen LogP contribution in [0.4, 0.5) is 4.79 Å². The van der Waals surface area contributed by atoms with Crippen LogP contribution >= 0.6 is 27.3 Å². The molecular weight excluding hydrogens is 554 g/mol. The van der Waals surface area contributed by atoms with E-state index in [0.29, 0.717) is 52.3 Å². The Labute approximate surface area is 219 Å². The number of piperidine rings is 1. The maximum atomic E-state index is 12.4. The highest BCUT2D eigenvalue weighted by molar-refractivity contribution is 9.10. The summed E-state index contributed by atoms with van der Waals surface area (Å²) in [5.74, 6) is -1.34. The molecular formula is C25H22BrNO8S. The minimum absolute atomic E-state index is 0.0222. The Balaban J connectivity index is 1.41. The molecule has 0 radical (unpaired) electrons. The molecule has 4 rings (SSSR count). The molecule has 0 unspecified atom stereocenters. The summed E-state index contributed by atoms with van der Waals surface area (Å²) in [6.07, 6.45) is 0.775. The van der Waals surface area contributed by atoms with Gasteiger partial charge in [0.15, 0.2) is 17.2 Å². The second-order valence-electron chi connectivity index (χ2n) is 7.90. The molecule has 36 heavy (non-hydrogen) atoms. The van der Waals surface area contributed by atoms with Crippen LogP contribution < -0.4 is 14.2 Å². The lowest BCUT2D eigenvalue weighted by atomic mass is 10.1. The van der Waals surface area contributed by atoms with Crippen molar-refractivity contribution in [2.75, 3.05) is 19.7 Å². The lowest BCUT2D eigenvalue weighted by molar-refractivity contribution is -0.139. The number of carbonyl (C=O) groups is 3. The first kappa shape index (κ1) is 25.5. The monoisotopic (exact) mass is 575 g/mol. The zero-order chi connectivity index (χ0) is 25.7. The second-order valence-corrected chi connectivity index (χ2v) is 9.72. The lowest BCUT2D eigenvalue weighted by Crippen LogP contribution is -2.43. The Kier molecular flexibility index (Phi) is 8.11. The van der Waals surface area contributed by atoms with E-state index >= 15 is 0 Å². The third kappa shape index (κ3) is 6.16. The van der Waals surface area contributed by atoms with E-state index in [1.165, 1.54) is 0 Å². The maximum absolute atomic E-state index is 12.4. The van der Waals surface area contributed by atoms with Crippen LogP contribution in [-0.4, -0.2) is 58.9 Å². The number of aromatic carboxylic acids is 1. The van der Waals surface area contributed by atoms with Gasteiger partial charge in [-0.15, -0.1) is 11.3 Å². The molecule has 0 saturated carbocycles. The van der Waals surface area contributed by atoms with Gasteiger partial charge in [0.05, 0.1) is 9.35 Å². The van der Waals surface area contributed by atoms with Crippen molar-refractivity contribution in [2.45, 2.75) is 18.9 Å². The summed E-state index contributed by atoms with van der Waals surface area (Å²) in [6, 6.07) is 16.1. The van der Waals surface area contributed by atoms with Gasteiger partial charge in [-0.2, -0.15) is 0 Å². The molecule has 1 aliphatic rings. The topological polar surface area (TPSA) is 123 Å². The minimum Gasteiger partial charge on any atom is -0.490 e. The number of rotatable bonds is 8. The molecule has 0 spiro atoms. The van der Waals surface area contributed by atoms with Crippen LogP contribution in [-0.2, 0) is 4.79 Å². The molecule has 2 heterocycles. The van der Waals surface area contributed by atoms with Gasteiger partial charge in [-0.1, -0.05) is 30.3 Å². The van der Waals surface area contributed by atoms with Gasteiger partial charge in [0.1, 0.15) is 17.6 Å². The highest BCUT2D eigenvalue weighted by atomic mass is 79.9. The molecule has 9 nitrogen and oxygen atoms in total. The van der Waals surface area contributed by atoms with E-state index in [1.807, 2.05) is 6.07 Å². The van der Waals surface area contributed by atoms with E-state index in [4.69, 9.17) is 19.3 Å². The van der Waals surface area contributed by atoms with Gasteiger partial charge in [-0.25, -0.2) is 14.4 Å². The molecule has 1 saturated heterocycles. The molecule has 11 heteroatoms. The molecule has 0 bridgehead atoms. The molecule has 0 atom stereocenters. The Morgan fingerprint density at radius 1 is 1.00 bits per heavy atom. The molecule has 1 amide bonds. The third-order valence-electron chi connectivity index (χ3n) is 5.39. The van der Waals surface area contributed by atoms with Gasteiger partial charge >= 0.3 is 18.0 Å². The molecule has 0 aliphatic carbocycles. The standard InChI is InChI=1S/C25H22BrNO8S/c26-20-21(33-14-19(28)29)23(24(30)31)36-22(20)15-5-4-8-18(13-15)34-17-9-11-27(12-10-17)25(32)35-16-6-2-1-3-7-16/h1-8,13,17H,9-12,14H2,(H,28,29)(H,30,31). The maximum Gasteiger partial charge on any atom is 0.415 e. The van der Waals surface area contributed by atoms with Gasteiger partial charge in [-0.05, 0) is 45.8 Å². The summed E-state index contributed by atoms with van der Waals surface area (Å²) >= 11 is 4.34. The fourth-order valence-corrected chi connectivity index (χ4v) is 5.59. The normalized spacial score (nSPS) is 13.8. The summed E-state index contributed by atoms with van der Waals surface area (Å²) in [5, 5.41) is 18.4. The van der Waals surface area contributed by atoms with E-state index < -0.39 is 18.5 Å². The summed E-state index contributed by atoms with van der Waals surface area (Å²) in [6.45, 7) is 0.341. The zero-order valence-corrected chi connectivity index (χ0v) is 21.3. The van der Waals surface area contributed by atoms with Crippen LogP contribution in [0, 0.1) is 0 Å². The Bertz CT molecular complexity index is 1250. The number of benzene rings is 2. The number of carboxylic acids is 2. The van der Waals surface area contributed by atoms with Crippen molar-refractivity contribution < 1.29 is 38.8 Å². The Morgan fingerprint density at radius 2 is 1.69 bits per heavy atom. The predicted molar refractivity (Wildman–Crippen MR) is 135 cm³/mol. The molecule has 1 fully saturated rings.